The highest BCUT2D eigenvalue weighted by Gasteiger charge is 2.22. The molecule has 0 spiro atoms. The molecule has 0 heterocycles. The van der Waals surface area contributed by atoms with Gasteiger partial charge >= 0.3 is 5.97 Å². The largest absolute Gasteiger partial charge is 0.478 e. The maximum absolute atomic E-state index is 13.1. The van der Waals surface area contributed by atoms with E-state index in [0.717, 1.165) is 5.56 Å². The summed E-state index contributed by atoms with van der Waals surface area (Å²) in [6.07, 6.45) is -2.81. The quantitative estimate of drug-likeness (QED) is 0.895. The van der Waals surface area contributed by atoms with Crippen molar-refractivity contribution in [3.63, 3.8) is 0 Å². The minimum Gasteiger partial charge on any atom is -0.478 e. The summed E-state index contributed by atoms with van der Waals surface area (Å²) in [7, 11) is 0. The summed E-state index contributed by atoms with van der Waals surface area (Å²) in [6.45, 7) is 1.52. The van der Waals surface area contributed by atoms with Crippen LogP contribution in [-0.2, 0) is 0 Å². The Kier molecular flexibility index (Phi) is 3.60. The Hall–Kier alpha value is -2.23. The first-order chi connectivity index (χ1) is 9.02. The van der Waals surface area contributed by atoms with Crippen LogP contribution in [0.3, 0.4) is 0 Å². The van der Waals surface area contributed by atoms with E-state index < -0.39 is 18.0 Å². The standard InChI is InChI=1S/C15H12F2O2/c1-9-11(10-5-3-2-4-6-10)7-8-12(15(18)19)13(9)14(16)17/h2-8,14H,1H3,(H,18,19). The monoisotopic (exact) mass is 262 g/mol. The first kappa shape index (κ1) is 13.2. The van der Waals surface area contributed by atoms with Crippen LogP contribution >= 0.6 is 0 Å². The summed E-state index contributed by atoms with van der Waals surface area (Å²) in [5, 5.41) is 8.97. The van der Waals surface area contributed by atoms with E-state index in [4.69, 9.17) is 5.11 Å². The van der Waals surface area contributed by atoms with Gasteiger partial charge in [-0.05, 0) is 29.7 Å². The molecular weight excluding hydrogens is 250 g/mol. The number of hydrogen-bond acceptors (Lipinski definition) is 1. The number of halogens is 2. The number of hydrogen-bond donors (Lipinski definition) is 1. The molecule has 2 aromatic rings. The Labute approximate surface area is 109 Å². The van der Waals surface area contributed by atoms with Gasteiger partial charge in [0.15, 0.2) is 0 Å². The maximum Gasteiger partial charge on any atom is 0.336 e. The molecule has 0 fully saturated rings. The van der Waals surface area contributed by atoms with Gasteiger partial charge in [0.25, 0.3) is 6.43 Å². The lowest BCUT2D eigenvalue weighted by atomic mass is 9.93. The molecule has 19 heavy (non-hydrogen) atoms. The lowest BCUT2D eigenvalue weighted by molar-refractivity contribution is 0.0684. The molecule has 0 amide bonds. The molecule has 0 aliphatic heterocycles. The zero-order chi connectivity index (χ0) is 14.0. The molecule has 0 aliphatic rings. The van der Waals surface area contributed by atoms with Gasteiger partial charge in [-0.1, -0.05) is 36.4 Å². The molecule has 0 radical (unpaired) electrons. The smallest absolute Gasteiger partial charge is 0.336 e. The van der Waals surface area contributed by atoms with Crippen molar-refractivity contribution in [2.45, 2.75) is 13.3 Å². The number of alkyl halides is 2. The van der Waals surface area contributed by atoms with Crippen LogP contribution in [0.2, 0.25) is 0 Å². The number of carboxylic acid groups (broad SMARTS) is 1. The summed E-state index contributed by atoms with van der Waals surface area (Å²) in [6, 6.07) is 11.9. The zero-order valence-corrected chi connectivity index (χ0v) is 10.2. The fraction of sp³-hybridized carbons (Fsp3) is 0.133. The second-order valence-corrected chi connectivity index (χ2v) is 4.17. The number of aromatic carboxylic acids is 1. The second kappa shape index (κ2) is 5.18. The van der Waals surface area contributed by atoms with Crippen LogP contribution in [0.15, 0.2) is 42.5 Å². The molecule has 0 aliphatic carbocycles. The first-order valence-electron chi connectivity index (χ1n) is 5.72. The highest BCUT2D eigenvalue weighted by atomic mass is 19.3. The average molecular weight is 262 g/mol. The van der Waals surface area contributed by atoms with Gasteiger partial charge in [-0.15, -0.1) is 0 Å². The SMILES string of the molecule is Cc1c(-c2ccccc2)ccc(C(=O)O)c1C(F)F. The Morgan fingerprint density at radius 1 is 1.11 bits per heavy atom. The average Bonchev–Trinajstić information content (AvgIpc) is 2.38. The van der Waals surface area contributed by atoms with E-state index in [1.165, 1.54) is 13.0 Å². The maximum atomic E-state index is 13.1. The third kappa shape index (κ3) is 2.47. The normalized spacial score (nSPS) is 10.7. The van der Waals surface area contributed by atoms with Crippen molar-refractivity contribution in [1.29, 1.82) is 0 Å². The molecule has 0 unspecified atom stereocenters. The van der Waals surface area contributed by atoms with E-state index in [2.05, 4.69) is 0 Å². The summed E-state index contributed by atoms with van der Waals surface area (Å²) in [4.78, 5) is 11.0. The topological polar surface area (TPSA) is 37.3 Å². The molecule has 2 rings (SSSR count). The van der Waals surface area contributed by atoms with Gasteiger partial charge in [0.1, 0.15) is 0 Å². The molecule has 2 nitrogen and oxygen atoms in total. The van der Waals surface area contributed by atoms with Crippen molar-refractivity contribution in [2.75, 3.05) is 0 Å². The molecule has 0 atom stereocenters. The predicted molar refractivity (Wildman–Crippen MR) is 68.5 cm³/mol. The highest BCUT2D eigenvalue weighted by Crippen LogP contribution is 2.33. The summed E-state index contributed by atoms with van der Waals surface area (Å²) >= 11 is 0. The third-order valence-corrected chi connectivity index (χ3v) is 3.05. The first-order valence-corrected chi connectivity index (χ1v) is 5.72. The van der Waals surface area contributed by atoms with E-state index in [-0.39, 0.29) is 5.56 Å². The van der Waals surface area contributed by atoms with E-state index in [0.29, 0.717) is 11.1 Å². The molecule has 1 N–H and O–H groups in total. The molecule has 0 saturated heterocycles. The second-order valence-electron chi connectivity index (χ2n) is 4.17. The molecule has 0 aromatic heterocycles. The summed E-state index contributed by atoms with van der Waals surface area (Å²) in [5.74, 6) is -1.34. The van der Waals surface area contributed by atoms with E-state index in [1.807, 2.05) is 18.2 Å². The molecular formula is C15H12F2O2. The predicted octanol–water partition coefficient (Wildman–Crippen LogP) is 4.30. The molecule has 2 aromatic carbocycles. The van der Waals surface area contributed by atoms with Crippen molar-refractivity contribution in [3.8, 4) is 11.1 Å². The van der Waals surface area contributed by atoms with Crippen LogP contribution in [0, 0.1) is 6.92 Å². The van der Waals surface area contributed by atoms with Crippen LogP contribution < -0.4 is 0 Å². The lowest BCUT2D eigenvalue weighted by Crippen LogP contribution is -2.06. The number of benzene rings is 2. The summed E-state index contributed by atoms with van der Waals surface area (Å²) in [5.41, 5.74) is 0.974. The van der Waals surface area contributed by atoms with Gasteiger partial charge in [0, 0.05) is 5.56 Å². The Morgan fingerprint density at radius 2 is 1.74 bits per heavy atom. The van der Waals surface area contributed by atoms with Gasteiger partial charge < -0.3 is 5.11 Å². The summed E-state index contributed by atoms with van der Waals surface area (Å²) < 4.78 is 26.2. The Morgan fingerprint density at radius 3 is 2.26 bits per heavy atom. The van der Waals surface area contributed by atoms with Crippen molar-refractivity contribution >= 4 is 5.97 Å². The van der Waals surface area contributed by atoms with Gasteiger partial charge in [-0.3, -0.25) is 0 Å². The van der Waals surface area contributed by atoms with Gasteiger partial charge in [-0.2, -0.15) is 0 Å². The zero-order valence-electron chi connectivity index (χ0n) is 10.2. The third-order valence-electron chi connectivity index (χ3n) is 3.05. The highest BCUT2D eigenvalue weighted by molar-refractivity contribution is 5.91. The van der Waals surface area contributed by atoms with Crippen molar-refractivity contribution in [1.82, 2.24) is 0 Å². The number of rotatable bonds is 3. The fourth-order valence-electron chi connectivity index (χ4n) is 2.13. The number of carboxylic acids is 1. The van der Waals surface area contributed by atoms with Gasteiger partial charge in [0.2, 0.25) is 0 Å². The molecule has 0 saturated carbocycles. The fourth-order valence-corrected chi connectivity index (χ4v) is 2.13. The van der Waals surface area contributed by atoms with Crippen LogP contribution in [0.5, 0.6) is 0 Å². The Balaban J connectivity index is 2.67. The Bertz CT molecular complexity index is 607. The van der Waals surface area contributed by atoms with Crippen molar-refractivity contribution < 1.29 is 18.7 Å². The lowest BCUT2D eigenvalue weighted by Gasteiger charge is -2.14. The van der Waals surface area contributed by atoms with E-state index >= 15 is 0 Å². The van der Waals surface area contributed by atoms with Crippen LogP contribution in [0.1, 0.15) is 27.9 Å². The van der Waals surface area contributed by atoms with Crippen LogP contribution in [0.25, 0.3) is 11.1 Å². The van der Waals surface area contributed by atoms with Crippen molar-refractivity contribution in [2.24, 2.45) is 0 Å². The minimum absolute atomic E-state index is 0.307. The molecule has 0 bridgehead atoms. The minimum atomic E-state index is -2.81. The van der Waals surface area contributed by atoms with Crippen LogP contribution in [-0.4, -0.2) is 11.1 Å². The van der Waals surface area contributed by atoms with Crippen LogP contribution in [0.4, 0.5) is 8.78 Å². The molecule has 4 heteroatoms. The van der Waals surface area contributed by atoms with E-state index in [1.54, 1.807) is 18.2 Å². The number of carbonyl (C=O) groups is 1. The molecule has 98 valence electrons. The van der Waals surface area contributed by atoms with Crippen molar-refractivity contribution in [3.05, 3.63) is 59.2 Å². The van der Waals surface area contributed by atoms with Gasteiger partial charge in [0.05, 0.1) is 5.56 Å². The van der Waals surface area contributed by atoms with E-state index in [9.17, 15) is 13.6 Å². The van der Waals surface area contributed by atoms with Gasteiger partial charge in [-0.25, -0.2) is 13.6 Å².